The number of aliphatic hydroxyl groups excluding tert-OH is 1. The number of nitrogens with zero attached hydrogens (tertiary/aromatic N) is 1. The van der Waals surface area contributed by atoms with Crippen LogP contribution >= 0.6 is 11.6 Å². The molecule has 7 nitrogen and oxygen atoms in total. The zero-order chi connectivity index (χ0) is 27.2. The summed E-state index contributed by atoms with van der Waals surface area (Å²) in [6.45, 7) is 2.68. The van der Waals surface area contributed by atoms with E-state index in [1.165, 1.54) is 30.2 Å². The molecule has 38 heavy (non-hydrogen) atoms. The van der Waals surface area contributed by atoms with Crippen LogP contribution < -0.4 is 9.47 Å². The highest BCUT2D eigenvalue weighted by atomic mass is 35.5. The maximum atomic E-state index is 13.2. The Morgan fingerprint density at radius 1 is 1.05 bits per heavy atom. The molecule has 1 heterocycles. The average Bonchev–Trinajstić information content (AvgIpc) is 3.17. The molecule has 0 radical (unpaired) electrons. The van der Waals surface area contributed by atoms with E-state index in [9.17, 15) is 19.1 Å². The smallest absolute Gasteiger partial charge is 0.295 e. The number of ketones is 1. The molecule has 0 saturated carbocycles. The fraction of sp³-hybridized carbons (Fsp3) is 0.241. The van der Waals surface area contributed by atoms with Crippen molar-refractivity contribution in [3.63, 3.8) is 0 Å². The topological polar surface area (TPSA) is 85.3 Å². The number of methoxy groups -OCH3 is 1. The van der Waals surface area contributed by atoms with Crippen molar-refractivity contribution in [2.24, 2.45) is 0 Å². The van der Waals surface area contributed by atoms with Crippen LogP contribution in [0.1, 0.15) is 29.7 Å². The number of ether oxygens (including phenoxy) is 3. The van der Waals surface area contributed by atoms with Crippen LogP contribution in [0.3, 0.4) is 0 Å². The zero-order valence-corrected chi connectivity index (χ0v) is 21.7. The number of carbonyl (C=O) groups excluding carboxylic acids is 2. The summed E-state index contributed by atoms with van der Waals surface area (Å²) in [6.07, 6.45) is 0. The largest absolute Gasteiger partial charge is 0.507 e. The molecule has 1 aliphatic heterocycles. The Bertz CT molecular complexity index is 1360. The third-order valence-corrected chi connectivity index (χ3v) is 6.39. The Morgan fingerprint density at radius 2 is 1.82 bits per heavy atom. The SMILES string of the molecule is CCOc1cc(/C(O)=C2/C(=O)C(=O)N(CCOC)C2c2cccc(OCc3ccc(F)cc3)c2)ccc1Cl. The van der Waals surface area contributed by atoms with Crippen LogP contribution in [0.5, 0.6) is 11.5 Å². The number of hydrogen-bond acceptors (Lipinski definition) is 6. The van der Waals surface area contributed by atoms with Gasteiger partial charge in [-0.15, -0.1) is 0 Å². The lowest BCUT2D eigenvalue weighted by atomic mass is 9.95. The van der Waals surface area contributed by atoms with Crippen LogP contribution in [-0.2, 0) is 20.9 Å². The molecule has 1 N–H and O–H groups in total. The molecule has 1 unspecified atom stereocenters. The Balaban J connectivity index is 1.74. The number of aliphatic hydroxyl groups is 1. The maximum absolute atomic E-state index is 13.2. The molecule has 1 atom stereocenters. The van der Waals surface area contributed by atoms with Crippen LogP contribution in [-0.4, -0.2) is 48.6 Å². The highest BCUT2D eigenvalue weighted by molar-refractivity contribution is 6.46. The van der Waals surface area contributed by atoms with Gasteiger partial charge in [-0.05, 0) is 60.5 Å². The minimum atomic E-state index is -0.884. The van der Waals surface area contributed by atoms with Gasteiger partial charge in [-0.25, -0.2) is 4.39 Å². The molecule has 1 saturated heterocycles. The lowest BCUT2D eigenvalue weighted by Crippen LogP contribution is -2.32. The Labute approximate surface area is 225 Å². The number of carbonyl (C=O) groups is 2. The van der Waals surface area contributed by atoms with Crippen LogP contribution in [0.4, 0.5) is 4.39 Å². The second-order valence-electron chi connectivity index (χ2n) is 8.55. The molecule has 4 rings (SSSR count). The van der Waals surface area contributed by atoms with Gasteiger partial charge in [0.05, 0.1) is 29.9 Å². The summed E-state index contributed by atoms with van der Waals surface area (Å²) in [5.74, 6) is -1.41. The van der Waals surface area contributed by atoms with Gasteiger partial charge in [-0.1, -0.05) is 35.9 Å². The normalized spacial score (nSPS) is 16.6. The molecule has 0 aliphatic carbocycles. The monoisotopic (exact) mass is 539 g/mol. The predicted octanol–water partition coefficient (Wildman–Crippen LogP) is 5.52. The van der Waals surface area contributed by atoms with Crippen molar-refractivity contribution in [1.82, 2.24) is 4.90 Å². The first-order valence-electron chi connectivity index (χ1n) is 12.0. The van der Waals surface area contributed by atoms with E-state index < -0.39 is 17.7 Å². The summed E-state index contributed by atoms with van der Waals surface area (Å²) < 4.78 is 29.8. The Kier molecular flexibility index (Phi) is 8.66. The number of likely N-dealkylation sites (tertiary alicyclic amines) is 1. The van der Waals surface area contributed by atoms with Crippen LogP contribution in [0, 0.1) is 5.82 Å². The van der Waals surface area contributed by atoms with Crippen molar-refractivity contribution in [3.8, 4) is 11.5 Å². The van der Waals surface area contributed by atoms with E-state index in [4.69, 9.17) is 25.8 Å². The number of benzene rings is 3. The number of hydrogen-bond donors (Lipinski definition) is 1. The molecule has 3 aromatic carbocycles. The minimum absolute atomic E-state index is 0.0634. The molecule has 0 bridgehead atoms. The van der Waals surface area contributed by atoms with Crippen molar-refractivity contribution in [1.29, 1.82) is 0 Å². The van der Waals surface area contributed by atoms with Crippen LogP contribution in [0.25, 0.3) is 5.76 Å². The maximum Gasteiger partial charge on any atom is 0.295 e. The number of halogens is 2. The first kappa shape index (κ1) is 27.2. The molecule has 0 aromatic heterocycles. The van der Waals surface area contributed by atoms with Crippen molar-refractivity contribution >= 4 is 29.1 Å². The Morgan fingerprint density at radius 3 is 2.53 bits per heavy atom. The summed E-state index contributed by atoms with van der Waals surface area (Å²) in [6, 6.07) is 16.7. The molecule has 3 aromatic rings. The van der Waals surface area contributed by atoms with Crippen molar-refractivity contribution in [3.05, 3.63) is 99.8 Å². The molecule has 198 valence electrons. The first-order chi connectivity index (χ1) is 18.3. The van der Waals surface area contributed by atoms with E-state index in [0.29, 0.717) is 28.7 Å². The van der Waals surface area contributed by atoms with Crippen LogP contribution in [0.15, 0.2) is 72.3 Å². The molecule has 1 aliphatic rings. The second-order valence-corrected chi connectivity index (χ2v) is 8.96. The van der Waals surface area contributed by atoms with Crippen molar-refractivity contribution in [2.75, 3.05) is 26.9 Å². The number of Topliss-reactive ketones (excluding diaryl/α,β-unsaturated/α-hetero) is 1. The Hall–Kier alpha value is -3.88. The summed E-state index contributed by atoms with van der Waals surface area (Å²) in [5.41, 5.74) is 1.57. The quantitative estimate of drug-likeness (QED) is 0.207. The van der Waals surface area contributed by atoms with E-state index >= 15 is 0 Å². The molecular weight excluding hydrogens is 513 g/mol. The van der Waals surface area contributed by atoms with E-state index in [0.717, 1.165) is 5.56 Å². The third-order valence-electron chi connectivity index (χ3n) is 6.07. The van der Waals surface area contributed by atoms with E-state index in [1.807, 2.05) is 0 Å². The highest BCUT2D eigenvalue weighted by Gasteiger charge is 2.46. The molecule has 9 heteroatoms. The summed E-state index contributed by atoms with van der Waals surface area (Å²) >= 11 is 6.20. The van der Waals surface area contributed by atoms with E-state index in [-0.39, 0.29) is 42.5 Å². The second kappa shape index (κ2) is 12.1. The van der Waals surface area contributed by atoms with Gasteiger partial charge in [0.1, 0.15) is 29.7 Å². The first-order valence-corrected chi connectivity index (χ1v) is 12.4. The minimum Gasteiger partial charge on any atom is -0.507 e. The van der Waals surface area contributed by atoms with Gasteiger partial charge in [0.25, 0.3) is 11.7 Å². The fourth-order valence-corrected chi connectivity index (χ4v) is 4.41. The van der Waals surface area contributed by atoms with E-state index in [2.05, 4.69) is 0 Å². The summed E-state index contributed by atoms with van der Waals surface area (Å²) in [7, 11) is 1.50. The zero-order valence-electron chi connectivity index (χ0n) is 20.9. The van der Waals surface area contributed by atoms with Gasteiger partial charge < -0.3 is 24.2 Å². The van der Waals surface area contributed by atoms with Gasteiger partial charge in [-0.3, -0.25) is 9.59 Å². The van der Waals surface area contributed by atoms with Crippen molar-refractivity contribution < 1.29 is 33.3 Å². The standard InChI is InChI=1S/C29H27ClFNO6/c1-3-37-24-16-20(9-12-23(24)30)27(33)25-26(32(13-14-36-2)29(35)28(25)34)19-5-4-6-22(15-19)38-17-18-7-10-21(31)11-8-18/h4-12,15-16,26,33H,3,13-14,17H2,1-2H3/b27-25-. The van der Waals surface area contributed by atoms with Gasteiger partial charge in [0.2, 0.25) is 0 Å². The predicted molar refractivity (Wildman–Crippen MR) is 141 cm³/mol. The van der Waals surface area contributed by atoms with E-state index in [1.54, 1.807) is 55.5 Å². The van der Waals surface area contributed by atoms with Gasteiger partial charge in [0, 0.05) is 19.2 Å². The molecule has 1 fully saturated rings. The highest BCUT2D eigenvalue weighted by Crippen LogP contribution is 2.41. The molecule has 0 spiro atoms. The number of amides is 1. The number of rotatable bonds is 10. The summed E-state index contributed by atoms with van der Waals surface area (Å²) in [5, 5.41) is 11.7. The summed E-state index contributed by atoms with van der Waals surface area (Å²) in [4.78, 5) is 27.6. The fourth-order valence-electron chi connectivity index (χ4n) is 4.24. The van der Waals surface area contributed by atoms with Crippen molar-refractivity contribution in [2.45, 2.75) is 19.6 Å². The molecule has 1 amide bonds. The average molecular weight is 540 g/mol. The van der Waals surface area contributed by atoms with Gasteiger partial charge in [0.15, 0.2) is 0 Å². The molecular formula is C29H27ClFNO6. The van der Waals surface area contributed by atoms with Gasteiger partial charge >= 0.3 is 0 Å². The third kappa shape index (κ3) is 5.82. The van der Waals surface area contributed by atoms with Crippen LogP contribution in [0.2, 0.25) is 5.02 Å². The lowest BCUT2D eigenvalue weighted by molar-refractivity contribution is -0.140. The van der Waals surface area contributed by atoms with Gasteiger partial charge in [-0.2, -0.15) is 0 Å². The lowest BCUT2D eigenvalue weighted by Gasteiger charge is -2.25.